The first-order chi connectivity index (χ1) is 6.57. The molecule has 0 aromatic rings. The molecule has 0 atom stereocenters. The number of nitrogens with two attached hydrogens (primary N) is 1. The third-order valence-corrected chi connectivity index (χ3v) is 3.55. The van der Waals surface area contributed by atoms with Crippen molar-refractivity contribution in [1.29, 1.82) is 0 Å². The van der Waals surface area contributed by atoms with Crippen LogP contribution in [0.5, 0.6) is 0 Å². The summed E-state index contributed by atoms with van der Waals surface area (Å²) in [6, 6.07) is 0. The van der Waals surface area contributed by atoms with Crippen molar-refractivity contribution in [3.05, 3.63) is 0 Å². The van der Waals surface area contributed by atoms with E-state index in [-0.39, 0.29) is 0 Å². The predicted octanol–water partition coefficient (Wildman–Crippen LogP) is 2.09. The molecule has 2 nitrogen and oxygen atoms in total. The zero-order valence-electron chi connectivity index (χ0n) is 10.1. The van der Waals surface area contributed by atoms with E-state index in [0.29, 0.717) is 5.41 Å². The lowest BCUT2D eigenvalue weighted by Gasteiger charge is -2.35. The first-order valence-corrected chi connectivity index (χ1v) is 6.00. The minimum atomic E-state index is 0.346. The molecular formula is C12H26N2. The smallest absolute Gasteiger partial charge is 0.00162 e. The Balaban J connectivity index is 2.28. The summed E-state index contributed by atoms with van der Waals surface area (Å²) >= 11 is 0. The Bertz CT molecular complexity index is 158. The lowest BCUT2D eigenvalue weighted by molar-refractivity contribution is 0.154. The summed E-state index contributed by atoms with van der Waals surface area (Å²) in [6.45, 7) is 11.5. The monoisotopic (exact) mass is 198 g/mol. The molecule has 1 aliphatic rings. The van der Waals surface area contributed by atoms with E-state index in [1.54, 1.807) is 0 Å². The summed E-state index contributed by atoms with van der Waals surface area (Å²) in [6.07, 6.45) is 4.05. The minimum absolute atomic E-state index is 0.346. The summed E-state index contributed by atoms with van der Waals surface area (Å²) in [4.78, 5) is 2.55. The van der Waals surface area contributed by atoms with Gasteiger partial charge in [-0.2, -0.15) is 0 Å². The number of nitrogens with zero attached hydrogens (tertiary/aromatic N) is 1. The quantitative estimate of drug-likeness (QED) is 0.749. The maximum absolute atomic E-state index is 5.77. The van der Waals surface area contributed by atoms with Gasteiger partial charge in [0, 0.05) is 0 Å². The topological polar surface area (TPSA) is 29.3 Å². The van der Waals surface area contributed by atoms with Crippen LogP contribution < -0.4 is 5.73 Å². The van der Waals surface area contributed by atoms with Gasteiger partial charge in [0.15, 0.2) is 0 Å². The molecule has 84 valence electrons. The van der Waals surface area contributed by atoms with Crippen molar-refractivity contribution in [2.45, 2.75) is 40.0 Å². The molecule has 14 heavy (non-hydrogen) atoms. The number of rotatable bonds is 4. The molecule has 2 N–H and O–H groups in total. The van der Waals surface area contributed by atoms with Crippen molar-refractivity contribution < 1.29 is 0 Å². The molecule has 0 bridgehead atoms. The average Bonchev–Trinajstić information content (AvgIpc) is 2.19. The van der Waals surface area contributed by atoms with Crippen molar-refractivity contribution in [2.75, 3.05) is 26.2 Å². The highest BCUT2D eigenvalue weighted by Gasteiger charge is 2.25. The Kier molecular flexibility index (Phi) is 4.39. The molecule has 1 saturated heterocycles. The molecular weight excluding hydrogens is 172 g/mol. The second kappa shape index (κ2) is 5.13. The van der Waals surface area contributed by atoms with Crippen LogP contribution in [0.4, 0.5) is 0 Å². The van der Waals surface area contributed by atoms with Crippen LogP contribution in [-0.2, 0) is 0 Å². The van der Waals surface area contributed by atoms with Gasteiger partial charge in [-0.1, -0.05) is 20.8 Å². The Morgan fingerprint density at radius 3 is 2.29 bits per heavy atom. The maximum Gasteiger partial charge on any atom is -0.00162 e. The van der Waals surface area contributed by atoms with Gasteiger partial charge in [-0.25, -0.2) is 0 Å². The first-order valence-electron chi connectivity index (χ1n) is 6.00. The van der Waals surface area contributed by atoms with Crippen LogP contribution in [0.1, 0.15) is 40.0 Å². The van der Waals surface area contributed by atoms with Crippen molar-refractivity contribution in [3.63, 3.8) is 0 Å². The van der Waals surface area contributed by atoms with E-state index in [1.807, 2.05) is 0 Å². The molecule has 0 unspecified atom stereocenters. The summed E-state index contributed by atoms with van der Waals surface area (Å²) < 4.78 is 0. The Morgan fingerprint density at radius 2 is 1.86 bits per heavy atom. The Labute approximate surface area is 88.8 Å². The lowest BCUT2D eigenvalue weighted by atomic mass is 9.79. The first kappa shape index (κ1) is 12.0. The molecule has 1 heterocycles. The highest BCUT2D eigenvalue weighted by Crippen LogP contribution is 2.30. The van der Waals surface area contributed by atoms with E-state index in [9.17, 15) is 0 Å². The van der Waals surface area contributed by atoms with Crippen molar-refractivity contribution >= 4 is 0 Å². The molecule has 0 aromatic carbocycles. The highest BCUT2D eigenvalue weighted by molar-refractivity contribution is 4.78. The molecule has 0 radical (unpaired) electrons. The minimum Gasteiger partial charge on any atom is -0.330 e. The van der Waals surface area contributed by atoms with Gasteiger partial charge in [-0.05, 0) is 56.8 Å². The van der Waals surface area contributed by atoms with Gasteiger partial charge < -0.3 is 10.6 Å². The number of hydrogen-bond donors (Lipinski definition) is 1. The third-order valence-electron chi connectivity index (χ3n) is 3.55. The molecule has 1 rings (SSSR count). The van der Waals surface area contributed by atoms with E-state index in [4.69, 9.17) is 5.73 Å². The van der Waals surface area contributed by atoms with E-state index in [2.05, 4.69) is 25.7 Å². The second-order valence-electron chi connectivity index (χ2n) is 5.45. The summed E-state index contributed by atoms with van der Waals surface area (Å²) in [7, 11) is 0. The lowest BCUT2D eigenvalue weighted by Crippen LogP contribution is -2.36. The zero-order valence-corrected chi connectivity index (χ0v) is 10.1. The Hall–Kier alpha value is -0.0800. The van der Waals surface area contributed by atoms with Gasteiger partial charge in [-0.3, -0.25) is 0 Å². The van der Waals surface area contributed by atoms with Crippen LogP contribution in [0.25, 0.3) is 0 Å². The van der Waals surface area contributed by atoms with Gasteiger partial charge >= 0.3 is 0 Å². The molecule has 0 spiro atoms. The van der Waals surface area contributed by atoms with Crippen molar-refractivity contribution in [3.8, 4) is 0 Å². The van der Waals surface area contributed by atoms with Crippen LogP contribution in [0.15, 0.2) is 0 Å². The largest absolute Gasteiger partial charge is 0.330 e. The van der Waals surface area contributed by atoms with Crippen LogP contribution in [0.2, 0.25) is 0 Å². The predicted molar refractivity (Wildman–Crippen MR) is 62.3 cm³/mol. The van der Waals surface area contributed by atoms with Crippen LogP contribution in [-0.4, -0.2) is 31.1 Å². The summed E-state index contributed by atoms with van der Waals surface area (Å²) in [5, 5.41) is 0. The fourth-order valence-electron chi connectivity index (χ4n) is 2.37. The molecule has 1 fully saturated rings. The van der Waals surface area contributed by atoms with Crippen LogP contribution >= 0.6 is 0 Å². The zero-order chi connectivity index (χ0) is 10.6. The standard InChI is InChI=1S/C12H26N2/c1-4-14-7-5-11(6-8-14)9-12(2,3)10-13/h11H,4-10,13H2,1-3H3. The number of hydrogen-bond acceptors (Lipinski definition) is 2. The van der Waals surface area contributed by atoms with Gasteiger partial charge in [0.05, 0.1) is 0 Å². The average molecular weight is 198 g/mol. The molecule has 2 heteroatoms. The normalized spacial score (nSPS) is 21.4. The second-order valence-corrected chi connectivity index (χ2v) is 5.45. The molecule has 0 saturated carbocycles. The maximum atomic E-state index is 5.77. The molecule has 0 aliphatic carbocycles. The van der Waals surface area contributed by atoms with E-state index < -0.39 is 0 Å². The van der Waals surface area contributed by atoms with Crippen LogP contribution in [0.3, 0.4) is 0 Å². The highest BCUT2D eigenvalue weighted by atomic mass is 15.1. The Morgan fingerprint density at radius 1 is 1.29 bits per heavy atom. The van der Waals surface area contributed by atoms with Crippen LogP contribution in [0, 0.1) is 11.3 Å². The number of likely N-dealkylation sites (tertiary alicyclic amines) is 1. The number of piperidine rings is 1. The van der Waals surface area contributed by atoms with E-state index >= 15 is 0 Å². The van der Waals surface area contributed by atoms with E-state index in [0.717, 1.165) is 12.5 Å². The fraction of sp³-hybridized carbons (Fsp3) is 1.00. The third kappa shape index (κ3) is 3.58. The fourth-order valence-corrected chi connectivity index (χ4v) is 2.37. The van der Waals surface area contributed by atoms with Crippen molar-refractivity contribution in [2.24, 2.45) is 17.1 Å². The molecule has 0 aromatic heterocycles. The van der Waals surface area contributed by atoms with Gasteiger partial charge in [0.25, 0.3) is 0 Å². The van der Waals surface area contributed by atoms with Gasteiger partial charge in [0.2, 0.25) is 0 Å². The van der Waals surface area contributed by atoms with Gasteiger partial charge in [-0.15, -0.1) is 0 Å². The van der Waals surface area contributed by atoms with E-state index in [1.165, 1.54) is 38.9 Å². The summed E-state index contributed by atoms with van der Waals surface area (Å²) in [5.74, 6) is 0.913. The molecule has 0 amide bonds. The summed E-state index contributed by atoms with van der Waals surface area (Å²) in [5.41, 5.74) is 6.11. The SMILES string of the molecule is CCN1CCC(CC(C)(C)CN)CC1. The van der Waals surface area contributed by atoms with Crippen molar-refractivity contribution in [1.82, 2.24) is 4.90 Å². The molecule has 1 aliphatic heterocycles. The van der Waals surface area contributed by atoms with Gasteiger partial charge in [0.1, 0.15) is 0 Å².